The van der Waals surface area contributed by atoms with Crippen LogP contribution in [0.1, 0.15) is 11.1 Å². The number of nitro benzene ring substituents is 1. The van der Waals surface area contributed by atoms with Gasteiger partial charge in [-0.3, -0.25) is 19.8 Å². The van der Waals surface area contributed by atoms with Crippen LogP contribution in [0.25, 0.3) is 6.08 Å². The fraction of sp³-hybridized carbons (Fsp3) is 0.0435. The number of anilines is 1. The lowest BCUT2D eigenvalue weighted by atomic mass is 10.1. The number of amides is 1. The summed E-state index contributed by atoms with van der Waals surface area (Å²) in [6.07, 6.45) is -3.14. The van der Waals surface area contributed by atoms with Gasteiger partial charge in [-0.05, 0) is 60.2 Å². The highest BCUT2D eigenvalue weighted by atomic mass is 79.9. The Morgan fingerprint density at radius 3 is 2.46 bits per heavy atom. The van der Waals surface area contributed by atoms with Crippen LogP contribution >= 0.6 is 39.9 Å². The Labute approximate surface area is 214 Å². The number of carbonyl (C=O) groups is 1. The van der Waals surface area contributed by atoms with E-state index in [0.717, 1.165) is 22.3 Å². The standard InChI is InChI=1S/C23H12BrF3N2O4S2/c24-15-5-7-16(8-6-15)28-21(30)20(35-22(28)34)11-13-2-1-3-17(10-13)33-19-9-4-14(23(25,26)27)12-18(19)29(31)32/h1-12H/b20-11+. The summed E-state index contributed by atoms with van der Waals surface area (Å²) in [5.41, 5.74) is -0.821. The summed E-state index contributed by atoms with van der Waals surface area (Å²) in [5.74, 6) is -0.515. The summed E-state index contributed by atoms with van der Waals surface area (Å²) in [6, 6.07) is 15.4. The lowest BCUT2D eigenvalue weighted by molar-refractivity contribution is -0.385. The molecular weight excluding hydrogens is 569 g/mol. The SMILES string of the molecule is O=C1/C(=C\c2cccc(Oc3ccc(C(F)(F)F)cc3[N+](=O)[O-])c2)SC(=S)N1c1ccc(Br)cc1. The molecule has 0 saturated carbocycles. The number of thioether (sulfide) groups is 1. The summed E-state index contributed by atoms with van der Waals surface area (Å²) < 4.78 is 45.5. The predicted octanol–water partition coefficient (Wildman–Crippen LogP) is 7.57. The van der Waals surface area contributed by atoms with Crippen LogP contribution in [0.3, 0.4) is 0 Å². The first-order chi connectivity index (χ1) is 16.5. The Bertz CT molecular complexity index is 1380. The molecule has 1 amide bonds. The fourth-order valence-electron chi connectivity index (χ4n) is 3.15. The molecule has 12 heteroatoms. The van der Waals surface area contributed by atoms with Gasteiger partial charge in [-0.25, -0.2) is 0 Å². The van der Waals surface area contributed by atoms with Gasteiger partial charge in [0.15, 0.2) is 4.32 Å². The number of hydrogen-bond donors (Lipinski definition) is 0. The van der Waals surface area contributed by atoms with Gasteiger partial charge in [-0.15, -0.1) is 0 Å². The molecule has 0 spiro atoms. The summed E-state index contributed by atoms with van der Waals surface area (Å²) in [5, 5.41) is 11.3. The Balaban J connectivity index is 1.59. The number of ether oxygens (including phenoxy) is 1. The van der Waals surface area contributed by atoms with E-state index >= 15 is 0 Å². The van der Waals surface area contributed by atoms with E-state index in [1.165, 1.54) is 17.0 Å². The van der Waals surface area contributed by atoms with Crippen molar-refractivity contribution in [3.8, 4) is 11.5 Å². The zero-order valence-electron chi connectivity index (χ0n) is 17.3. The highest BCUT2D eigenvalue weighted by Gasteiger charge is 2.34. The zero-order valence-corrected chi connectivity index (χ0v) is 20.5. The molecular formula is C23H12BrF3N2O4S2. The summed E-state index contributed by atoms with van der Waals surface area (Å²) >= 11 is 9.82. The third-order valence-electron chi connectivity index (χ3n) is 4.75. The molecule has 1 saturated heterocycles. The van der Waals surface area contributed by atoms with Crippen LogP contribution in [0.4, 0.5) is 24.5 Å². The van der Waals surface area contributed by atoms with E-state index in [1.807, 2.05) is 0 Å². The first-order valence-corrected chi connectivity index (χ1v) is 11.7. The van der Waals surface area contributed by atoms with Gasteiger partial charge < -0.3 is 4.74 Å². The topological polar surface area (TPSA) is 72.7 Å². The minimum absolute atomic E-state index is 0.144. The van der Waals surface area contributed by atoms with E-state index in [4.69, 9.17) is 17.0 Å². The average molecular weight is 581 g/mol. The molecule has 0 radical (unpaired) electrons. The van der Waals surface area contributed by atoms with Crippen molar-refractivity contribution in [1.29, 1.82) is 0 Å². The third kappa shape index (κ3) is 5.55. The zero-order chi connectivity index (χ0) is 25.3. The molecule has 3 aromatic rings. The summed E-state index contributed by atoms with van der Waals surface area (Å²) in [7, 11) is 0. The maximum Gasteiger partial charge on any atom is 0.416 e. The number of alkyl halides is 3. The Morgan fingerprint density at radius 2 is 1.80 bits per heavy atom. The van der Waals surface area contributed by atoms with Crippen LogP contribution in [0.5, 0.6) is 11.5 Å². The number of rotatable bonds is 5. The smallest absolute Gasteiger partial charge is 0.416 e. The van der Waals surface area contributed by atoms with Gasteiger partial charge >= 0.3 is 11.9 Å². The predicted molar refractivity (Wildman–Crippen MR) is 134 cm³/mol. The maximum atomic E-state index is 13.0. The van der Waals surface area contributed by atoms with Crippen LogP contribution in [0.2, 0.25) is 0 Å². The van der Waals surface area contributed by atoms with Gasteiger partial charge in [0.1, 0.15) is 5.75 Å². The monoisotopic (exact) mass is 580 g/mol. The third-order valence-corrected chi connectivity index (χ3v) is 6.58. The molecule has 0 unspecified atom stereocenters. The summed E-state index contributed by atoms with van der Waals surface area (Å²) in [6.45, 7) is 0. The van der Waals surface area contributed by atoms with Crippen molar-refractivity contribution in [2.45, 2.75) is 6.18 Å². The molecule has 6 nitrogen and oxygen atoms in total. The van der Waals surface area contributed by atoms with E-state index in [2.05, 4.69) is 15.9 Å². The van der Waals surface area contributed by atoms with E-state index in [1.54, 1.807) is 42.5 Å². The van der Waals surface area contributed by atoms with E-state index in [9.17, 15) is 28.1 Å². The Kier molecular flexibility index (Phi) is 6.97. The van der Waals surface area contributed by atoms with Gasteiger partial charge in [0, 0.05) is 10.5 Å². The van der Waals surface area contributed by atoms with Crippen molar-refractivity contribution < 1.29 is 27.6 Å². The number of nitrogens with zero attached hydrogens (tertiary/aromatic N) is 2. The second kappa shape index (κ2) is 9.80. The molecule has 4 rings (SSSR count). The number of halogens is 4. The number of nitro groups is 1. The lowest BCUT2D eigenvalue weighted by Crippen LogP contribution is -2.27. The first kappa shape index (κ1) is 24.9. The van der Waals surface area contributed by atoms with Crippen molar-refractivity contribution in [1.82, 2.24) is 0 Å². The van der Waals surface area contributed by atoms with Crippen LogP contribution in [0, 0.1) is 10.1 Å². The van der Waals surface area contributed by atoms with Crippen molar-refractivity contribution in [3.63, 3.8) is 0 Å². The number of carbonyl (C=O) groups excluding carboxylic acids is 1. The Morgan fingerprint density at radius 1 is 1.09 bits per heavy atom. The molecule has 1 aliphatic rings. The molecule has 0 N–H and O–H groups in total. The van der Waals surface area contributed by atoms with Gasteiger partial charge in [0.25, 0.3) is 5.91 Å². The summed E-state index contributed by atoms with van der Waals surface area (Å²) in [4.78, 5) is 25.1. The molecule has 0 aromatic heterocycles. The van der Waals surface area contributed by atoms with E-state index in [0.29, 0.717) is 32.6 Å². The molecule has 178 valence electrons. The molecule has 1 fully saturated rings. The first-order valence-electron chi connectivity index (χ1n) is 9.70. The van der Waals surface area contributed by atoms with Crippen molar-refractivity contribution in [3.05, 3.63) is 97.3 Å². The molecule has 0 atom stereocenters. The molecule has 3 aromatic carbocycles. The molecule has 0 aliphatic carbocycles. The second-order valence-electron chi connectivity index (χ2n) is 7.11. The normalized spacial score (nSPS) is 15.1. The number of benzene rings is 3. The number of hydrogen-bond acceptors (Lipinski definition) is 6. The quantitative estimate of drug-likeness (QED) is 0.134. The van der Waals surface area contributed by atoms with Crippen molar-refractivity contribution in [2.75, 3.05) is 4.90 Å². The largest absolute Gasteiger partial charge is 0.450 e. The van der Waals surface area contributed by atoms with E-state index < -0.39 is 22.4 Å². The molecule has 1 heterocycles. The van der Waals surface area contributed by atoms with Gasteiger partial charge in [-0.1, -0.05) is 52.0 Å². The van der Waals surface area contributed by atoms with Crippen molar-refractivity contribution >= 4 is 67.6 Å². The fourth-order valence-corrected chi connectivity index (χ4v) is 4.71. The minimum Gasteiger partial charge on any atom is -0.450 e. The van der Waals surface area contributed by atoms with Crippen molar-refractivity contribution in [2.24, 2.45) is 0 Å². The highest BCUT2D eigenvalue weighted by Crippen LogP contribution is 2.39. The second-order valence-corrected chi connectivity index (χ2v) is 9.70. The lowest BCUT2D eigenvalue weighted by Gasteiger charge is -2.14. The van der Waals surface area contributed by atoms with Gasteiger partial charge in [0.05, 0.1) is 21.1 Å². The Hall–Kier alpha value is -3.22. The number of thiocarbonyl (C=S) groups is 1. The highest BCUT2D eigenvalue weighted by molar-refractivity contribution is 9.10. The van der Waals surface area contributed by atoms with Crippen LogP contribution < -0.4 is 9.64 Å². The molecule has 1 aliphatic heterocycles. The van der Waals surface area contributed by atoms with Crippen LogP contribution in [0.15, 0.2) is 76.1 Å². The van der Waals surface area contributed by atoms with Crippen LogP contribution in [-0.4, -0.2) is 15.2 Å². The molecule has 35 heavy (non-hydrogen) atoms. The molecule has 0 bridgehead atoms. The van der Waals surface area contributed by atoms with Gasteiger partial charge in [0.2, 0.25) is 5.75 Å². The van der Waals surface area contributed by atoms with Crippen LogP contribution in [-0.2, 0) is 11.0 Å². The van der Waals surface area contributed by atoms with Gasteiger partial charge in [-0.2, -0.15) is 13.2 Å². The average Bonchev–Trinajstić information content (AvgIpc) is 3.06. The minimum atomic E-state index is -4.73. The maximum absolute atomic E-state index is 13.0. The van der Waals surface area contributed by atoms with E-state index in [-0.39, 0.29) is 17.4 Å².